The lowest BCUT2D eigenvalue weighted by Gasteiger charge is -2.30. The molecule has 2 heterocycles. The average molecular weight is 629 g/mol. The zero-order valence-corrected chi connectivity index (χ0v) is 26.2. The number of ether oxygens (including phenoxy) is 3. The van der Waals surface area contributed by atoms with Crippen LogP contribution in [0.15, 0.2) is 72.8 Å². The van der Waals surface area contributed by atoms with Crippen LogP contribution in [0.2, 0.25) is 0 Å². The normalized spacial score (nSPS) is 19.2. The Morgan fingerprint density at radius 2 is 1.59 bits per heavy atom. The molecule has 2 aliphatic heterocycles. The monoisotopic (exact) mass is 628 g/mol. The van der Waals surface area contributed by atoms with E-state index in [2.05, 4.69) is 10.6 Å². The lowest BCUT2D eigenvalue weighted by atomic mass is 10.1. The van der Waals surface area contributed by atoms with Crippen LogP contribution in [0.25, 0.3) is 0 Å². The van der Waals surface area contributed by atoms with Crippen molar-refractivity contribution in [2.24, 2.45) is 0 Å². The molecule has 2 aliphatic rings. The largest absolute Gasteiger partial charge is 0.491 e. The summed E-state index contributed by atoms with van der Waals surface area (Å²) in [5.74, 6) is 0.229. The smallest absolute Gasteiger partial charge is 0.255 e. The van der Waals surface area contributed by atoms with Crippen LogP contribution in [0.3, 0.4) is 0 Å². The molecule has 242 valence electrons. The summed E-state index contributed by atoms with van der Waals surface area (Å²) in [4.78, 5) is 56.3. The molecule has 0 unspecified atom stereocenters. The third kappa shape index (κ3) is 8.35. The highest BCUT2D eigenvalue weighted by atomic mass is 16.6. The van der Waals surface area contributed by atoms with E-state index in [9.17, 15) is 19.2 Å². The Kier molecular flexibility index (Phi) is 10.7. The first kappa shape index (κ1) is 32.3. The second-order valence-corrected chi connectivity index (χ2v) is 11.5. The van der Waals surface area contributed by atoms with Crippen molar-refractivity contribution >= 4 is 23.6 Å². The van der Waals surface area contributed by atoms with E-state index >= 15 is 0 Å². The van der Waals surface area contributed by atoms with Crippen LogP contribution >= 0.6 is 0 Å². The summed E-state index contributed by atoms with van der Waals surface area (Å²) in [5.41, 5.74) is 2.23. The molecule has 5 rings (SSSR count). The molecule has 4 amide bonds. The molecule has 0 saturated heterocycles. The summed E-state index contributed by atoms with van der Waals surface area (Å²) < 4.78 is 17.4. The Morgan fingerprint density at radius 3 is 2.39 bits per heavy atom. The van der Waals surface area contributed by atoms with Gasteiger partial charge in [-0.25, -0.2) is 0 Å². The lowest BCUT2D eigenvalue weighted by molar-refractivity contribution is -0.140. The van der Waals surface area contributed by atoms with E-state index in [4.69, 9.17) is 14.2 Å². The number of hydrogen-bond donors (Lipinski definition) is 2. The van der Waals surface area contributed by atoms with E-state index in [0.29, 0.717) is 49.8 Å². The zero-order chi connectivity index (χ0) is 32.5. The van der Waals surface area contributed by atoms with Crippen LogP contribution in [0.5, 0.6) is 17.2 Å². The highest BCUT2D eigenvalue weighted by Gasteiger charge is 2.28. The molecule has 0 radical (unpaired) electrons. The Balaban J connectivity index is 1.32. The third-order valence-electron chi connectivity index (χ3n) is 8.20. The number of nitrogens with one attached hydrogen (secondary N) is 2. The van der Waals surface area contributed by atoms with E-state index in [-0.39, 0.29) is 49.4 Å². The Bertz CT molecular complexity index is 1550. The van der Waals surface area contributed by atoms with Crippen LogP contribution in [-0.2, 0) is 27.2 Å². The molecule has 0 bridgehead atoms. The van der Waals surface area contributed by atoms with Crippen LogP contribution in [0, 0.1) is 0 Å². The maximum Gasteiger partial charge on any atom is 0.255 e. The fourth-order valence-electron chi connectivity index (χ4n) is 5.43. The number of carbonyl (C=O) groups excluding carboxylic acids is 4. The van der Waals surface area contributed by atoms with Gasteiger partial charge in [0.25, 0.3) is 5.91 Å². The molecule has 0 fully saturated rings. The van der Waals surface area contributed by atoms with Crippen molar-refractivity contribution in [3.05, 3.63) is 89.5 Å². The number of carbonyl (C=O) groups is 4. The first-order valence-corrected chi connectivity index (χ1v) is 15.5. The molecule has 0 aromatic heterocycles. The summed E-state index contributed by atoms with van der Waals surface area (Å²) in [5, 5.41) is 5.72. The molecule has 2 N–H and O–H groups in total. The molecule has 0 saturated carbocycles. The summed E-state index contributed by atoms with van der Waals surface area (Å²) in [7, 11) is 3.26. The van der Waals surface area contributed by atoms with Crippen LogP contribution < -0.4 is 24.8 Å². The van der Waals surface area contributed by atoms with E-state index in [1.54, 1.807) is 43.3 Å². The molecular formula is C35H40N4O7. The number of benzene rings is 3. The molecule has 0 aliphatic carbocycles. The SMILES string of the molecule is CN1CC(=O)N(C)[C@H](Cc2ccccc2)COc2ccccc2C(=O)N[C@H](C(=O)NCCc2ccc3c(c2)OCCO3)CCC1=O. The lowest BCUT2D eigenvalue weighted by Crippen LogP contribution is -2.48. The van der Waals surface area contributed by atoms with Crippen LogP contribution in [0.4, 0.5) is 0 Å². The highest BCUT2D eigenvalue weighted by molar-refractivity contribution is 5.99. The summed E-state index contributed by atoms with van der Waals surface area (Å²) in [6.07, 6.45) is 1.05. The molecule has 2 atom stereocenters. The van der Waals surface area contributed by atoms with Crippen molar-refractivity contribution in [1.82, 2.24) is 20.4 Å². The van der Waals surface area contributed by atoms with Gasteiger partial charge in [-0.2, -0.15) is 0 Å². The van der Waals surface area contributed by atoms with Gasteiger partial charge in [-0.15, -0.1) is 0 Å². The first-order valence-electron chi connectivity index (χ1n) is 15.5. The Hall–Kier alpha value is -5.06. The van der Waals surface area contributed by atoms with Gasteiger partial charge in [0, 0.05) is 27.1 Å². The standard InChI is InChI=1S/C35H40N4O7/c1-38-22-33(41)39(2)26(20-24-8-4-3-5-9-24)23-46-29-11-7-6-10-27(29)34(42)37-28(13-15-32(38)40)35(43)36-17-16-25-12-14-30-31(21-25)45-19-18-44-30/h3-12,14,21,26,28H,13,15-20,22-23H2,1-2H3,(H,36,43)(H,37,42)/t26-,28+/m1/s1. The van der Waals surface area contributed by atoms with E-state index in [1.807, 2.05) is 48.5 Å². The van der Waals surface area contributed by atoms with Gasteiger partial charge in [-0.1, -0.05) is 48.5 Å². The van der Waals surface area contributed by atoms with Gasteiger partial charge < -0.3 is 34.6 Å². The summed E-state index contributed by atoms with van der Waals surface area (Å²) in [6.45, 7) is 1.28. The topological polar surface area (TPSA) is 127 Å². The predicted molar refractivity (Wildman–Crippen MR) is 171 cm³/mol. The minimum Gasteiger partial charge on any atom is -0.491 e. The first-order chi connectivity index (χ1) is 22.3. The number of amides is 4. The van der Waals surface area contributed by atoms with Gasteiger partial charge in [0.05, 0.1) is 18.2 Å². The van der Waals surface area contributed by atoms with Crippen molar-refractivity contribution < 1.29 is 33.4 Å². The van der Waals surface area contributed by atoms with Gasteiger partial charge >= 0.3 is 0 Å². The second-order valence-electron chi connectivity index (χ2n) is 11.5. The third-order valence-corrected chi connectivity index (χ3v) is 8.20. The fraction of sp³-hybridized carbons (Fsp3) is 0.371. The minimum atomic E-state index is -0.993. The molecule has 3 aromatic carbocycles. The number of likely N-dealkylation sites (N-methyl/N-ethyl adjacent to an activating group) is 2. The second kappa shape index (κ2) is 15.3. The summed E-state index contributed by atoms with van der Waals surface area (Å²) in [6, 6.07) is 20.8. The number of fused-ring (bicyclic) bond motifs is 2. The van der Waals surface area contributed by atoms with Crippen LogP contribution in [-0.4, -0.2) is 92.5 Å². The maximum atomic E-state index is 13.6. The van der Waals surface area contributed by atoms with E-state index < -0.39 is 17.9 Å². The quantitative estimate of drug-likeness (QED) is 0.430. The van der Waals surface area contributed by atoms with Crippen molar-refractivity contribution in [2.45, 2.75) is 37.8 Å². The maximum absolute atomic E-state index is 13.6. The van der Waals surface area contributed by atoms with Crippen molar-refractivity contribution in [3.63, 3.8) is 0 Å². The van der Waals surface area contributed by atoms with Gasteiger partial charge in [0.1, 0.15) is 31.6 Å². The molecule has 0 spiro atoms. The highest BCUT2D eigenvalue weighted by Crippen LogP contribution is 2.30. The zero-order valence-electron chi connectivity index (χ0n) is 26.2. The number of nitrogens with zero attached hydrogens (tertiary/aromatic N) is 2. The molecule has 46 heavy (non-hydrogen) atoms. The van der Waals surface area contributed by atoms with E-state index in [0.717, 1.165) is 11.1 Å². The fourth-order valence-corrected chi connectivity index (χ4v) is 5.43. The predicted octanol–water partition coefficient (Wildman–Crippen LogP) is 2.62. The minimum absolute atomic E-state index is 0.0421. The Morgan fingerprint density at radius 1 is 0.848 bits per heavy atom. The molecule has 11 heteroatoms. The number of hydrogen-bond acceptors (Lipinski definition) is 7. The molecule has 3 aromatic rings. The summed E-state index contributed by atoms with van der Waals surface area (Å²) >= 11 is 0. The number of para-hydroxylation sites is 1. The average Bonchev–Trinajstić information content (AvgIpc) is 3.08. The van der Waals surface area contributed by atoms with Gasteiger partial charge in [-0.05, 0) is 54.7 Å². The molecular weight excluding hydrogens is 588 g/mol. The Labute approximate surface area is 268 Å². The van der Waals surface area contributed by atoms with Gasteiger partial charge in [0.15, 0.2) is 11.5 Å². The molecule has 11 nitrogen and oxygen atoms in total. The van der Waals surface area contributed by atoms with Crippen molar-refractivity contribution in [2.75, 3.05) is 47.0 Å². The van der Waals surface area contributed by atoms with Crippen molar-refractivity contribution in [1.29, 1.82) is 0 Å². The van der Waals surface area contributed by atoms with E-state index in [1.165, 1.54) is 4.90 Å². The van der Waals surface area contributed by atoms with Crippen molar-refractivity contribution in [3.8, 4) is 17.2 Å². The van der Waals surface area contributed by atoms with Crippen LogP contribution in [0.1, 0.15) is 34.3 Å². The number of rotatable bonds is 6. The van der Waals surface area contributed by atoms with Gasteiger partial charge in [-0.3, -0.25) is 19.2 Å². The van der Waals surface area contributed by atoms with Gasteiger partial charge in [0.2, 0.25) is 17.7 Å².